The third-order valence-corrected chi connectivity index (χ3v) is 16.9. The maximum atomic E-state index is 13.5. The van der Waals surface area contributed by atoms with Gasteiger partial charge in [0.15, 0.2) is 24.1 Å². The van der Waals surface area contributed by atoms with Crippen LogP contribution >= 0.6 is 0 Å². The van der Waals surface area contributed by atoms with Crippen LogP contribution in [0, 0.1) is 0 Å². The van der Waals surface area contributed by atoms with E-state index in [9.17, 15) is 125 Å². The molecule has 13 unspecified atom stereocenters. The van der Waals surface area contributed by atoms with Gasteiger partial charge in [0.05, 0.1) is 108 Å². The number of Topliss-reactive ketones (excluding diaryl/α,β-unsaturated/α-hetero) is 2. The lowest BCUT2D eigenvalue weighted by atomic mass is 9.95. The van der Waals surface area contributed by atoms with E-state index in [4.69, 9.17) is 28.4 Å². The number of aliphatic hydroxyl groups is 13. The average molecular weight is 1550 g/mol. The van der Waals surface area contributed by atoms with Gasteiger partial charge in [-0.05, 0) is 74.7 Å². The highest BCUT2D eigenvalue weighted by atomic mass is 16.8. The number of nitrogens with one attached hydrogen (secondary N) is 10. The second kappa shape index (κ2) is 48.7. The van der Waals surface area contributed by atoms with Crippen molar-refractivity contribution in [2.75, 3.05) is 112 Å². The minimum atomic E-state index is -2.90. The molecular formula is C64H118N12O31. The Hall–Kier alpha value is -5.90. The summed E-state index contributed by atoms with van der Waals surface area (Å²) >= 11 is 0. The average Bonchev–Trinajstić information content (AvgIpc) is 0.782. The van der Waals surface area contributed by atoms with E-state index in [2.05, 4.69) is 53.2 Å². The first-order valence-corrected chi connectivity index (χ1v) is 35.2. The summed E-state index contributed by atoms with van der Waals surface area (Å²) in [5.41, 5.74) is -2.86. The van der Waals surface area contributed by atoms with Gasteiger partial charge in [0.1, 0.15) is 86.4 Å². The maximum absolute atomic E-state index is 13.5. The highest BCUT2D eigenvalue weighted by Gasteiger charge is 2.53. The number of aliphatic hydroxyl groups excluding tert-OH is 13. The largest absolute Gasteiger partial charge is 0.480 e. The summed E-state index contributed by atoms with van der Waals surface area (Å²) in [6, 6.07) is -1.81. The zero-order valence-electron chi connectivity index (χ0n) is 62.0. The number of carbonyl (C=O) groups excluding carboxylic acids is 8. The zero-order chi connectivity index (χ0) is 81.1. The van der Waals surface area contributed by atoms with Crippen LogP contribution in [-0.4, -0.2) is 384 Å². The highest BCUT2D eigenvalue weighted by molar-refractivity contribution is 5.94. The van der Waals surface area contributed by atoms with Gasteiger partial charge in [0.25, 0.3) is 5.79 Å². The van der Waals surface area contributed by atoms with Crippen molar-refractivity contribution in [3.8, 4) is 0 Å². The van der Waals surface area contributed by atoms with Gasteiger partial charge in [-0.3, -0.25) is 69.3 Å². The Balaban J connectivity index is 1.87. The number of unbranched alkanes of at least 4 members (excludes halogenated alkanes) is 2. The summed E-state index contributed by atoms with van der Waals surface area (Å²) in [6.45, 7) is 4.95. The number of amides is 6. The standard InChI is InChI=1S/C64H118N12O31/c1-10-11-16-65-45(87)22-68-47(89)24-71-63(8,9)41(83)29-76(30-51(93)94)50(92)27-70-48(90)25-72-62(6,7)40(82)28-75(18-19-77)49(91)26-69-46(88)23-67-43(85)15-13-12-14-42(84)66-17-20-102-59-52(74-36(5)80)55(97)58(38(32-79)104-59)106-60-57(99)56(98)54(96)39(105-60)33-103-64(61(100)101,21-44(86)73-34(2)3)107-35(4)53(95)37(81)31-78/h34-39,44,48-49,52-60,70-74,77-81,86,90-91,95-99H,10-33H2,1-9H3,(H,65,87)(H,66,84)(H,67,85)(H,68,89)(H,69,88)(H,93,94)(H,100,101)/t35?,36?,37?,38?,39?,44?,48?,49?,52?,53?,54-,55?,56?,57?,58+,59+,60-,64+/m0/s1. The van der Waals surface area contributed by atoms with Crippen molar-refractivity contribution in [2.45, 2.75) is 235 Å². The van der Waals surface area contributed by atoms with Gasteiger partial charge >= 0.3 is 11.9 Å². The molecular weight excluding hydrogens is 1430 g/mol. The first kappa shape index (κ1) is 97.2. The fourth-order valence-electron chi connectivity index (χ4n) is 10.4. The van der Waals surface area contributed by atoms with Crippen LogP contribution in [0.4, 0.5) is 0 Å². The number of carboxylic acids is 2. The van der Waals surface area contributed by atoms with E-state index in [1.807, 2.05) is 6.92 Å². The number of aliphatic carboxylic acids is 2. The fourth-order valence-corrected chi connectivity index (χ4v) is 10.4. The van der Waals surface area contributed by atoms with Crippen molar-refractivity contribution in [1.29, 1.82) is 0 Å². The number of hydrogen-bond acceptors (Lipinski definition) is 35. The molecule has 0 aromatic heterocycles. The second-order valence-electron chi connectivity index (χ2n) is 27.2. The van der Waals surface area contributed by atoms with Crippen molar-refractivity contribution in [1.82, 2.24) is 63.0 Å². The second-order valence-corrected chi connectivity index (χ2v) is 27.2. The summed E-state index contributed by atoms with van der Waals surface area (Å²) in [6.07, 6.45) is -26.9. The number of hydrogen-bond donors (Lipinski definition) is 25. The summed E-state index contributed by atoms with van der Waals surface area (Å²) in [4.78, 5) is 129. The molecule has 2 aliphatic heterocycles. The van der Waals surface area contributed by atoms with Crippen LogP contribution in [0.1, 0.15) is 107 Å². The molecule has 0 saturated carbocycles. The number of carboxylic acid groups (broad SMARTS) is 2. The van der Waals surface area contributed by atoms with E-state index < -0.39 is 259 Å². The number of carbonyl (C=O) groups is 10. The highest BCUT2D eigenvalue weighted by Crippen LogP contribution is 2.32. The van der Waals surface area contributed by atoms with E-state index in [1.54, 1.807) is 13.8 Å². The summed E-state index contributed by atoms with van der Waals surface area (Å²) < 4.78 is 34.6. The molecule has 2 saturated heterocycles. The molecule has 6 amide bonds. The van der Waals surface area contributed by atoms with Crippen LogP contribution < -0.4 is 53.2 Å². The lowest BCUT2D eigenvalue weighted by Gasteiger charge is -2.47. The number of nitrogens with zero attached hydrogens (tertiary/aromatic N) is 2. The predicted octanol–water partition coefficient (Wildman–Crippen LogP) is -11.6. The van der Waals surface area contributed by atoms with Crippen LogP contribution in [0.3, 0.4) is 0 Å². The molecule has 25 N–H and O–H groups in total. The molecule has 0 radical (unpaired) electrons. The molecule has 0 aromatic rings. The molecule has 18 atom stereocenters. The number of β-amino-alcohol motifs (C(OH)–C–C–N with tert-alkyl or cyclic N) is 1. The van der Waals surface area contributed by atoms with Crippen molar-refractivity contribution in [2.24, 2.45) is 0 Å². The first-order chi connectivity index (χ1) is 50.1. The molecule has 0 aromatic carbocycles. The Bertz CT molecular complexity index is 2750. The molecule has 43 heteroatoms. The number of ether oxygens (including phenoxy) is 6. The van der Waals surface area contributed by atoms with Crippen LogP contribution in [0.2, 0.25) is 0 Å². The Morgan fingerprint density at radius 2 is 1.19 bits per heavy atom. The number of ketones is 2. The molecule has 2 heterocycles. The van der Waals surface area contributed by atoms with Gasteiger partial charge in [-0.15, -0.1) is 0 Å². The van der Waals surface area contributed by atoms with Crippen LogP contribution in [0.5, 0.6) is 0 Å². The lowest BCUT2D eigenvalue weighted by Crippen LogP contribution is -2.68. The van der Waals surface area contributed by atoms with Crippen molar-refractivity contribution >= 4 is 58.9 Å². The first-order valence-electron chi connectivity index (χ1n) is 35.2. The van der Waals surface area contributed by atoms with Gasteiger partial charge < -0.3 is 142 Å². The smallest absolute Gasteiger partial charge is 0.364 e. The van der Waals surface area contributed by atoms with Gasteiger partial charge in [-0.1, -0.05) is 13.3 Å². The summed E-state index contributed by atoms with van der Waals surface area (Å²) in [5, 5.41) is 183. The molecule has 2 rings (SSSR count). The Morgan fingerprint density at radius 1 is 0.607 bits per heavy atom. The maximum Gasteiger partial charge on any atom is 0.364 e. The van der Waals surface area contributed by atoms with Crippen molar-refractivity contribution < 1.29 is 153 Å². The Kier molecular flexibility index (Phi) is 44.2. The van der Waals surface area contributed by atoms with E-state index in [1.165, 1.54) is 34.6 Å². The molecule has 2 fully saturated rings. The zero-order valence-corrected chi connectivity index (χ0v) is 62.0. The molecule has 0 bridgehead atoms. The van der Waals surface area contributed by atoms with Crippen LogP contribution in [0.25, 0.3) is 0 Å². The minimum Gasteiger partial charge on any atom is -0.480 e. The van der Waals surface area contributed by atoms with E-state index in [0.717, 1.165) is 29.6 Å². The summed E-state index contributed by atoms with van der Waals surface area (Å²) in [5.74, 6) is -11.1. The third kappa shape index (κ3) is 34.9. The predicted molar refractivity (Wildman–Crippen MR) is 368 cm³/mol. The molecule has 2 aliphatic rings. The molecule has 107 heavy (non-hydrogen) atoms. The monoisotopic (exact) mass is 1550 g/mol. The quantitative estimate of drug-likeness (QED) is 0.0199. The van der Waals surface area contributed by atoms with Crippen LogP contribution in [0.15, 0.2) is 0 Å². The van der Waals surface area contributed by atoms with Gasteiger partial charge in [0, 0.05) is 45.1 Å². The van der Waals surface area contributed by atoms with E-state index >= 15 is 0 Å². The third-order valence-electron chi connectivity index (χ3n) is 16.9. The Labute approximate surface area is 619 Å². The van der Waals surface area contributed by atoms with Crippen LogP contribution in [-0.2, 0) is 76.4 Å². The van der Waals surface area contributed by atoms with Gasteiger partial charge in [-0.2, -0.15) is 0 Å². The Morgan fingerprint density at radius 3 is 1.77 bits per heavy atom. The molecule has 620 valence electrons. The molecule has 0 aliphatic carbocycles. The normalized spacial score (nSPS) is 23.1. The SMILES string of the molecule is CCCCNC(=O)CNC(=O)CNC(C)(C)C(=O)CN(CC(=O)O)C(=O)CNC(O)CNC(C)(C)C(=O)CN(CCO)C(O)CNC(=O)CNC(=O)CCCCC(=O)NCCO[C@@H]1OC(CO)[C@@H](O[C@@H]2OC(CO[C@](CC(O)NC(C)C)(OC(C)C(O)C(O)CO)C(=O)O)[C@H](O)C(O)C2O)C(O)C1NC(C)O. The number of rotatable bonds is 56. The lowest BCUT2D eigenvalue weighted by molar-refractivity contribution is -0.357. The van der Waals surface area contributed by atoms with Crippen molar-refractivity contribution in [3.05, 3.63) is 0 Å². The topological polar surface area (TPSA) is 656 Å². The molecule has 43 nitrogen and oxygen atoms in total. The van der Waals surface area contributed by atoms with Gasteiger partial charge in [0.2, 0.25) is 35.4 Å². The molecule has 0 spiro atoms. The van der Waals surface area contributed by atoms with Crippen molar-refractivity contribution in [3.63, 3.8) is 0 Å². The van der Waals surface area contributed by atoms with Gasteiger partial charge in [-0.25, -0.2) is 4.79 Å². The minimum absolute atomic E-state index is 0.0674. The summed E-state index contributed by atoms with van der Waals surface area (Å²) in [7, 11) is 0. The van der Waals surface area contributed by atoms with E-state index in [0.29, 0.717) is 6.54 Å². The fraction of sp³-hybridized carbons (Fsp3) is 0.844. The van der Waals surface area contributed by atoms with E-state index in [-0.39, 0.29) is 65.0 Å².